The van der Waals surface area contributed by atoms with Crippen LogP contribution in [0.1, 0.15) is 51.3 Å². The van der Waals surface area contributed by atoms with Crippen LogP contribution in [0.2, 0.25) is 0 Å². The molecule has 0 spiro atoms. The van der Waals surface area contributed by atoms with Crippen molar-refractivity contribution >= 4 is 34.9 Å². The lowest BCUT2D eigenvalue weighted by molar-refractivity contribution is -0.128. The van der Waals surface area contributed by atoms with E-state index in [0.717, 1.165) is 11.1 Å². The van der Waals surface area contributed by atoms with E-state index in [4.69, 9.17) is 4.74 Å². The summed E-state index contributed by atoms with van der Waals surface area (Å²) >= 11 is 0. The predicted octanol–water partition coefficient (Wildman–Crippen LogP) is 4.46. The standard InChI is InChI=1S/C28H26N2O5/c1-17-13-14-19(15-18(17)2)25(32)20-9-5-6-10-21(20)26(33)35-16-24(31)30-23-12-8-7-11-22(23)29-27(34)28(30,3)4/h5-15H,16H2,1-4H3,(H,29,34). The molecule has 35 heavy (non-hydrogen) atoms. The van der Waals surface area contributed by atoms with Crippen molar-refractivity contribution in [2.45, 2.75) is 33.2 Å². The Balaban J connectivity index is 1.56. The van der Waals surface area contributed by atoms with Crippen LogP contribution in [-0.2, 0) is 14.3 Å². The van der Waals surface area contributed by atoms with Gasteiger partial charge in [-0.2, -0.15) is 0 Å². The normalized spacial score (nSPS) is 14.1. The lowest BCUT2D eigenvalue weighted by Crippen LogP contribution is -2.59. The molecule has 1 aliphatic heterocycles. The highest BCUT2D eigenvalue weighted by Crippen LogP contribution is 2.36. The van der Waals surface area contributed by atoms with E-state index in [2.05, 4.69) is 5.32 Å². The Labute approximate surface area is 203 Å². The van der Waals surface area contributed by atoms with E-state index in [0.29, 0.717) is 16.9 Å². The number of nitrogens with zero attached hydrogens (tertiary/aromatic N) is 1. The van der Waals surface area contributed by atoms with Crippen LogP contribution < -0.4 is 10.2 Å². The number of carbonyl (C=O) groups is 4. The zero-order chi connectivity index (χ0) is 25.3. The van der Waals surface area contributed by atoms with Gasteiger partial charge in [0, 0.05) is 11.1 Å². The maximum Gasteiger partial charge on any atom is 0.339 e. The van der Waals surface area contributed by atoms with Gasteiger partial charge >= 0.3 is 5.97 Å². The summed E-state index contributed by atoms with van der Waals surface area (Å²) in [6.45, 7) is 6.52. The molecule has 3 aromatic rings. The van der Waals surface area contributed by atoms with E-state index in [9.17, 15) is 19.2 Å². The predicted molar refractivity (Wildman–Crippen MR) is 133 cm³/mol. The Bertz CT molecular complexity index is 1360. The van der Waals surface area contributed by atoms with Gasteiger partial charge in [-0.1, -0.05) is 42.5 Å². The minimum absolute atomic E-state index is 0.0691. The van der Waals surface area contributed by atoms with Gasteiger partial charge in [-0.15, -0.1) is 0 Å². The first kappa shape index (κ1) is 23.9. The molecule has 7 heteroatoms. The first-order valence-corrected chi connectivity index (χ1v) is 11.2. The molecule has 0 fully saturated rings. The number of amides is 2. The van der Waals surface area contributed by atoms with E-state index in [1.54, 1.807) is 68.4 Å². The van der Waals surface area contributed by atoms with E-state index < -0.39 is 24.0 Å². The number of aryl methyl sites for hydroxylation is 2. The Morgan fingerprint density at radius 2 is 1.54 bits per heavy atom. The summed E-state index contributed by atoms with van der Waals surface area (Å²) in [5, 5.41) is 2.79. The molecule has 3 aromatic carbocycles. The summed E-state index contributed by atoms with van der Waals surface area (Å²) in [5.74, 6) is -2.00. The van der Waals surface area contributed by atoms with Crippen molar-refractivity contribution in [2.24, 2.45) is 0 Å². The summed E-state index contributed by atoms with van der Waals surface area (Å²) in [6, 6.07) is 18.6. The molecule has 4 rings (SSSR count). The third-order valence-corrected chi connectivity index (χ3v) is 6.24. The summed E-state index contributed by atoms with van der Waals surface area (Å²) < 4.78 is 5.34. The number of hydrogen-bond donors (Lipinski definition) is 1. The molecule has 178 valence electrons. The molecular formula is C28H26N2O5. The first-order valence-electron chi connectivity index (χ1n) is 11.2. The second-order valence-electron chi connectivity index (χ2n) is 9.01. The molecule has 0 aromatic heterocycles. The molecule has 0 saturated carbocycles. The molecule has 0 unspecified atom stereocenters. The molecule has 0 radical (unpaired) electrons. The van der Waals surface area contributed by atoms with Crippen molar-refractivity contribution in [3.63, 3.8) is 0 Å². The number of para-hydroxylation sites is 2. The first-order chi connectivity index (χ1) is 16.6. The van der Waals surface area contributed by atoms with Crippen molar-refractivity contribution < 1.29 is 23.9 Å². The molecule has 0 bridgehead atoms. The van der Waals surface area contributed by atoms with Gasteiger partial charge in [0.2, 0.25) is 5.91 Å². The number of hydrogen-bond acceptors (Lipinski definition) is 5. The van der Waals surface area contributed by atoms with Crippen LogP contribution in [-0.4, -0.2) is 35.7 Å². The van der Waals surface area contributed by atoms with E-state index in [1.165, 1.54) is 11.0 Å². The van der Waals surface area contributed by atoms with Crippen LogP contribution in [0.3, 0.4) is 0 Å². The lowest BCUT2D eigenvalue weighted by Gasteiger charge is -2.41. The largest absolute Gasteiger partial charge is 0.452 e. The monoisotopic (exact) mass is 470 g/mol. The Kier molecular flexibility index (Phi) is 6.26. The second kappa shape index (κ2) is 9.18. The summed E-state index contributed by atoms with van der Waals surface area (Å²) in [4.78, 5) is 53.2. The van der Waals surface area contributed by atoms with Gasteiger partial charge in [0.25, 0.3) is 5.91 Å². The van der Waals surface area contributed by atoms with Gasteiger partial charge in [-0.25, -0.2) is 4.79 Å². The van der Waals surface area contributed by atoms with Gasteiger partial charge in [0.05, 0.1) is 16.9 Å². The fraction of sp³-hybridized carbons (Fsp3) is 0.214. The Hall–Kier alpha value is -4.26. The Morgan fingerprint density at radius 3 is 2.26 bits per heavy atom. The molecule has 0 saturated heterocycles. The van der Waals surface area contributed by atoms with Crippen LogP contribution in [0.5, 0.6) is 0 Å². The van der Waals surface area contributed by atoms with Gasteiger partial charge in [0.1, 0.15) is 5.54 Å². The van der Waals surface area contributed by atoms with Gasteiger partial charge in [-0.05, 0) is 63.1 Å². The van der Waals surface area contributed by atoms with Crippen molar-refractivity contribution in [1.82, 2.24) is 0 Å². The zero-order valence-corrected chi connectivity index (χ0v) is 20.0. The second-order valence-corrected chi connectivity index (χ2v) is 9.01. The van der Waals surface area contributed by atoms with Crippen LogP contribution in [0, 0.1) is 13.8 Å². The van der Waals surface area contributed by atoms with Crippen LogP contribution in [0.15, 0.2) is 66.7 Å². The molecule has 7 nitrogen and oxygen atoms in total. The highest BCUT2D eigenvalue weighted by Gasteiger charge is 2.43. The molecular weight excluding hydrogens is 444 g/mol. The van der Waals surface area contributed by atoms with E-state index in [-0.39, 0.29) is 22.8 Å². The number of ketones is 1. The van der Waals surface area contributed by atoms with Gasteiger partial charge in [0.15, 0.2) is 12.4 Å². The fourth-order valence-electron chi connectivity index (χ4n) is 4.07. The zero-order valence-electron chi connectivity index (χ0n) is 20.0. The van der Waals surface area contributed by atoms with Gasteiger partial charge in [-0.3, -0.25) is 19.3 Å². The minimum atomic E-state index is -1.19. The van der Waals surface area contributed by atoms with Gasteiger partial charge < -0.3 is 10.1 Å². The molecule has 0 atom stereocenters. The van der Waals surface area contributed by atoms with Crippen molar-refractivity contribution in [3.8, 4) is 0 Å². The van der Waals surface area contributed by atoms with Crippen LogP contribution in [0.25, 0.3) is 0 Å². The maximum atomic E-state index is 13.2. The summed E-state index contributed by atoms with van der Waals surface area (Å²) in [7, 11) is 0. The van der Waals surface area contributed by atoms with E-state index >= 15 is 0 Å². The van der Waals surface area contributed by atoms with Crippen molar-refractivity contribution in [2.75, 3.05) is 16.8 Å². The topological polar surface area (TPSA) is 92.8 Å². The van der Waals surface area contributed by atoms with Crippen molar-refractivity contribution in [1.29, 1.82) is 0 Å². The number of fused-ring (bicyclic) bond motifs is 1. The number of benzene rings is 3. The number of anilines is 2. The number of carbonyl (C=O) groups excluding carboxylic acids is 4. The number of rotatable bonds is 5. The number of esters is 1. The molecule has 1 aliphatic rings. The average Bonchev–Trinajstić information content (AvgIpc) is 2.84. The molecule has 1 N–H and O–H groups in total. The summed E-state index contributed by atoms with van der Waals surface area (Å²) in [6.07, 6.45) is 0. The molecule has 0 aliphatic carbocycles. The molecule has 1 heterocycles. The van der Waals surface area contributed by atoms with E-state index in [1.807, 2.05) is 19.9 Å². The third kappa shape index (κ3) is 4.45. The fourth-order valence-corrected chi connectivity index (χ4v) is 4.07. The third-order valence-electron chi connectivity index (χ3n) is 6.24. The highest BCUT2D eigenvalue weighted by molar-refractivity contribution is 6.16. The quantitative estimate of drug-likeness (QED) is 0.439. The lowest BCUT2D eigenvalue weighted by atomic mass is 9.96. The summed E-state index contributed by atoms with van der Waals surface area (Å²) in [5.41, 5.74) is 2.58. The van der Waals surface area contributed by atoms with Crippen molar-refractivity contribution in [3.05, 3.63) is 94.5 Å². The maximum absolute atomic E-state index is 13.2. The van der Waals surface area contributed by atoms with Crippen LogP contribution >= 0.6 is 0 Å². The SMILES string of the molecule is Cc1ccc(C(=O)c2ccccc2C(=O)OCC(=O)N2c3ccccc3NC(=O)C2(C)C)cc1C. The van der Waals surface area contributed by atoms with Crippen LogP contribution in [0.4, 0.5) is 11.4 Å². The minimum Gasteiger partial charge on any atom is -0.452 e. The number of nitrogens with one attached hydrogen (secondary N) is 1. The smallest absolute Gasteiger partial charge is 0.339 e. The Morgan fingerprint density at radius 1 is 0.886 bits per heavy atom. The highest BCUT2D eigenvalue weighted by atomic mass is 16.5. The average molecular weight is 471 g/mol. The molecule has 2 amide bonds. The number of ether oxygens (including phenoxy) is 1.